The van der Waals surface area contributed by atoms with Crippen LogP contribution < -0.4 is 0 Å². The molecule has 0 N–H and O–H groups in total. The van der Waals surface area contributed by atoms with E-state index in [4.69, 9.17) is 0 Å². The van der Waals surface area contributed by atoms with Gasteiger partial charge in [-0.3, -0.25) is 0 Å². The van der Waals surface area contributed by atoms with Crippen LogP contribution in [0.15, 0.2) is 83.9 Å². The lowest BCUT2D eigenvalue weighted by Crippen LogP contribution is -2.25. The third-order valence-electron chi connectivity index (χ3n) is 9.29. The monoisotopic (exact) mass is 508 g/mol. The van der Waals surface area contributed by atoms with Gasteiger partial charge in [0.2, 0.25) is 0 Å². The van der Waals surface area contributed by atoms with Gasteiger partial charge in [0, 0.05) is 5.41 Å². The first-order valence-corrected chi connectivity index (χ1v) is 14.6. The fraction of sp³-hybridized carbons (Fsp3) is 0.282. The number of hydrogen-bond donors (Lipinski definition) is 0. The average molecular weight is 509 g/mol. The second kappa shape index (κ2) is 9.83. The van der Waals surface area contributed by atoms with Crippen molar-refractivity contribution in [3.05, 3.63) is 128 Å². The molecule has 0 heterocycles. The Morgan fingerprint density at radius 1 is 0.538 bits per heavy atom. The van der Waals surface area contributed by atoms with Crippen LogP contribution in [0, 0.1) is 33.1 Å². The van der Waals surface area contributed by atoms with Crippen molar-refractivity contribution in [2.24, 2.45) is 5.41 Å². The molecule has 0 atom stereocenters. The van der Waals surface area contributed by atoms with Crippen molar-refractivity contribution in [1.82, 2.24) is 0 Å². The Morgan fingerprint density at radius 3 is 1.28 bits per heavy atom. The molecule has 0 heteroatoms. The lowest BCUT2D eigenvalue weighted by atomic mass is 9.68. The molecule has 0 spiro atoms. The molecule has 0 nitrogen and oxygen atoms in total. The highest BCUT2D eigenvalue weighted by Crippen LogP contribution is 2.52. The molecule has 0 unspecified atom stereocenters. The maximum Gasteiger partial charge on any atom is 0.0129 e. The molecule has 0 amide bonds. The Hall–Kier alpha value is -3.64. The van der Waals surface area contributed by atoms with Crippen molar-refractivity contribution in [1.29, 1.82) is 0 Å². The fourth-order valence-corrected chi connectivity index (χ4v) is 7.48. The minimum absolute atomic E-state index is 0.0810. The van der Waals surface area contributed by atoms with Crippen LogP contribution in [0.2, 0.25) is 0 Å². The van der Waals surface area contributed by atoms with Gasteiger partial charge >= 0.3 is 0 Å². The smallest absolute Gasteiger partial charge is 0.0129 e. The van der Waals surface area contributed by atoms with Gasteiger partial charge in [0.25, 0.3) is 0 Å². The van der Waals surface area contributed by atoms with E-state index in [1.165, 1.54) is 66.8 Å². The Labute approximate surface area is 235 Å². The highest BCUT2D eigenvalue weighted by molar-refractivity contribution is 5.85. The van der Waals surface area contributed by atoms with E-state index in [9.17, 15) is 0 Å². The van der Waals surface area contributed by atoms with E-state index in [1.54, 1.807) is 11.1 Å². The quantitative estimate of drug-likeness (QED) is 0.243. The van der Waals surface area contributed by atoms with E-state index in [0.717, 1.165) is 25.7 Å². The first kappa shape index (κ1) is 25.6. The van der Waals surface area contributed by atoms with Gasteiger partial charge in [0.05, 0.1) is 0 Å². The van der Waals surface area contributed by atoms with Gasteiger partial charge < -0.3 is 0 Å². The van der Waals surface area contributed by atoms with Crippen LogP contribution in [0.25, 0.3) is 34.4 Å². The molecule has 2 aliphatic carbocycles. The maximum atomic E-state index is 2.56. The lowest BCUT2D eigenvalue weighted by molar-refractivity contribution is 0.390. The number of fused-ring (bicyclic) bond motifs is 2. The van der Waals surface area contributed by atoms with E-state index in [0.29, 0.717) is 0 Å². The summed E-state index contributed by atoms with van der Waals surface area (Å²) in [5.74, 6) is 0. The van der Waals surface area contributed by atoms with Crippen molar-refractivity contribution in [3.8, 4) is 22.3 Å². The summed E-state index contributed by atoms with van der Waals surface area (Å²) in [4.78, 5) is 0. The van der Waals surface area contributed by atoms with E-state index < -0.39 is 0 Å². The Bertz CT molecular complexity index is 1490. The van der Waals surface area contributed by atoms with Crippen molar-refractivity contribution in [2.75, 3.05) is 0 Å². The van der Waals surface area contributed by atoms with Crippen molar-refractivity contribution >= 4 is 12.2 Å². The van der Waals surface area contributed by atoms with E-state index >= 15 is 0 Å². The molecule has 6 rings (SSSR count). The van der Waals surface area contributed by atoms with Gasteiger partial charge in [0.15, 0.2) is 0 Å². The summed E-state index contributed by atoms with van der Waals surface area (Å²) in [5.41, 5.74) is 19.8. The molecule has 39 heavy (non-hydrogen) atoms. The number of hydrogen-bond acceptors (Lipinski definition) is 0. The van der Waals surface area contributed by atoms with Gasteiger partial charge in [-0.2, -0.15) is 0 Å². The zero-order valence-electron chi connectivity index (χ0n) is 24.4. The zero-order valence-corrected chi connectivity index (χ0v) is 24.4. The van der Waals surface area contributed by atoms with Gasteiger partial charge in [-0.05, 0) is 97.9 Å². The predicted molar refractivity (Wildman–Crippen MR) is 169 cm³/mol. The minimum Gasteiger partial charge on any atom is -0.0642 e. The summed E-state index contributed by atoms with van der Waals surface area (Å²) in [6, 6.07) is 27.7. The average Bonchev–Trinajstić information content (AvgIpc) is 3.53. The molecule has 0 bridgehead atoms. The normalized spacial score (nSPS) is 14.2. The summed E-state index contributed by atoms with van der Waals surface area (Å²) < 4.78 is 0. The standard InChI is InChI=1S/C39H40/c1-7-39(8-2,33-21-29-11-9-13-35(37(29)23-33)31-17-25(3)15-26(4)18-31)34-22-30-12-10-14-36(38(30)24-34)32-19-27(5)16-28(6)20-32/h9-20,23-24H,7-8,21-22H2,1-6H3. The van der Waals surface area contributed by atoms with Crippen LogP contribution in [0.5, 0.6) is 0 Å². The molecule has 2 aliphatic rings. The highest BCUT2D eigenvalue weighted by atomic mass is 14.4. The molecule has 4 aromatic rings. The van der Waals surface area contributed by atoms with Crippen molar-refractivity contribution in [2.45, 2.75) is 67.2 Å². The molecule has 0 saturated heterocycles. The van der Waals surface area contributed by atoms with E-state index in [1.807, 2.05) is 0 Å². The van der Waals surface area contributed by atoms with Crippen LogP contribution in [-0.4, -0.2) is 0 Å². The molecule has 4 aromatic carbocycles. The zero-order chi connectivity index (χ0) is 27.3. The fourth-order valence-electron chi connectivity index (χ4n) is 7.48. The third kappa shape index (κ3) is 4.41. The van der Waals surface area contributed by atoms with Crippen LogP contribution in [0.4, 0.5) is 0 Å². The third-order valence-corrected chi connectivity index (χ3v) is 9.29. The molecular weight excluding hydrogens is 468 g/mol. The van der Waals surface area contributed by atoms with Crippen molar-refractivity contribution < 1.29 is 0 Å². The molecule has 196 valence electrons. The number of rotatable bonds is 6. The summed E-state index contributed by atoms with van der Waals surface area (Å²) in [6.45, 7) is 13.6. The Morgan fingerprint density at radius 2 is 0.923 bits per heavy atom. The molecule has 0 saturated carbocycles. The predicted octanol–water partition coefficient (Wildman–Crippen LogP) is 10.6. The first-order chi connectivity index (χ1) is 18.8. The van der Waals surface area contributed by atoms with Gasteiger partial charge in [-0.15, -0.1) is 0 Å². The Kier molecular flexibility index (Phi) is 6.46. The number of aryl methyl sites for hydroxylation is 4. The largest absolute Gasteiger partial charge is 0.0642 e. The highest BCUT2D eigenvalue weighted by Gasteiger charge is 2.39. The molecular formula is C39H40. The van der Waals surface area contributed by atoms with Gasteiger partial charge in [-0.25, -0.2) is 0 Å². The van der Waals surface area contributed by atoms with Gasteiger partial charge in [0.1, 0.15) is 0 Å². The molecule has 0 aliphatic heterocycles. The lowest BCUT2D eigenvalue weighted by Gasteiger charge is -2.35. The number of allylic oxidation sites excluding steroid dienone is 2. The summed E-state index contributed by atoms with van der Waals surface area (Å²) in [5, 5.41) is 0. The second-order valence-electron chi connectivity index (χ2n) is 12.0. The van der Waals surface area contributed by atoms with Crippen LogP contribution in [0.3, 0.4) is 0 Å². The Balaban J connectivity index is 1.44. The maximum absolute atomic E-state index is 2.56. The molecule has 0 fully saturated rings. The number of benzene rings is 4. The minimum atomic E-state index is 0.0810. The van der Waals surface area contributed by atoms with Gasteiger partial charge in [-0.1, -0.05) is 132 Å². The second-order valence-corrected chi connectivity index (χ2v) is 12.0. The molecule has 0 aromatic heterocycles. The van der Waals surface area contributed by atoms with Crippen molar-refractivity contribution in [3.63, 3.8) is 0 Å². The van der Waals surface area contributed by atoms with Crippen LogP contribution in [-0.2, 0) is 12.8 Å². The van der Waals surface area contributed by atoms with E-state index in [2.05, 4.69) is 126 Å². The summed E-state index contributed by atoms with van der Waals surface area (Å²) in [7, 11) is 0. The summed E-state index contributed by atoms with van der Waals surface area (Å²) in [6.07, 6.45) is 9.47. The SMILES string of the molecule is CCC(CC)(C1=Cc2c(cccc2-c2cc(C)cc(C)c2)C1)C1=Cc2c(cccc2-c2cc(C)cc(C)c2)C1. The van der Waals surface area contributed by atoms with E-state index in [-0.39, 0.29) is 5.41 Å². The van der Waals surface area contributed by atoms with Crippen LogP contribution in [0.1, 0.15) is 71.2 Å². The molecule has 0 radical (unpaired) electrons. The van der Waals surface area contributed by atoms with Crippen LogP contribution >= 0.6 is 0 Å². The summed E-state index contributed by atoms with van der Waals surface area (Å²) >= 11 is 0. The topological polar surface area (TPSA) is 0 Å². The first-order valence-electron chi connectivity index (χ1n) is 14.6.